The molecule has 0 bridgehead atoms. The van der Waals surface area contributed by atoms with E-state index in [1.807, 2.05) is 30.3 Å². The molecule has 0 atom stereocenters. The number of hydrogen-bond acceptors (Lipinski definition) is 1. The second-order valence-electron chi connectivity index (χ2n) is 2.81. The van der Waals surface area contributed by atoms with Gasteiger partial charge in [-0.2, -0.15) is 0 Å². The molecule has 13 heavy (non-hydrogen) atoms. The molecule has 0 aromatic heterocycles. The number of halogens is 1. The quantitative estimate of drug-likeness (QED) is 0.735. The average Bonchev–Trinajstić information content (AvgIpc) is 2.15. The van der Waals surface area contributed by atoms with E-state index in [-0.39, 0.29) is 6.61 Å². The SMILES string of the molecule is OCC/C=C\Cc1ccc(Cl)cc1. The number of aliphatic hydroxyl groups excluding tert-OH is 1. The number of allylic oxidation sites excluding steroid dienone is 1. The standard InChI is InChI=1S/C11H13ClO/c12-11-7-5-10(6-8-11)4-2-1-3-9-13/h1-2,5-8,13H,3-4,9H2/b2-1-. The van der Waals surface area contributed by atoms with E-state index in [2.05, 4.69) is 6.08 Å². The van der Waals surface area contributed by atoms with Crippen LogP contribution in [0.4, 0.5) is 0 Å². The lowest BCUT2D eigenvalue weighted by molar-refractivity contribution is 0.302. The first kappa shape index (κ1) is 10.3. The summed E-state index contributed by atoms with van der Waals surface area (Å²) < 4.78 is 0. The van der Waals surface area contributed by atoms with Gasteiger partial charge in [-0.1, -0.05) is 35.9 Å². The molecule has 0 unspecified atom stereocenters. The summed E-state index contributed by atoms with van der Waals surface area (Å²) in [6.45, 7) is 0.219. The van der Waals surface area contributed by atoms with Gasteiger partial charge in [0, 0.05) is 11.6 Å². The van der Waals surface area contributed by atoms with Crippen LogP contribution in [0, 0.1) is 0 Å². The van der Waals surface area contributed by atoms with Crippen LogP contribution < -0.4 is 0 Å². The normalized spacial score (nSPS) is 10.9. The van der Waals surface area contributed by atoms with Gasteiger partial charge in [-0.3, -0.25) is 0 Å². The maximum atomic E-state index is 8.53. The molecule has 0 fully saturated rings. The van der Waals surface area contributed by atoms with Gasteiger partial charge in [-0.15, -0.1) is 0 Å². The molecule has 70 valence electrons. The fourth-order valence-corrected chi connectivity index (χ4v) is 1.16. The number of hydrogen-bond donors (Lipinski definition) is 1. The van der Waals surface area contributed by atoms with Crippen LogP contribution in [0.1, 0.15) is 12.0 Å². The van der Waals surface area contributed by atoms with Gasteiger partial charge in [0.05, 0.1) is 0 Å². The van der Waals surface area contributed by atoms with Crippen molar-refractivity contribution in [3.05, 3.63) is 47.0 Å². The van der Waals surface area contributed by atoms with Crippen molar-refractivity contribution in [3.8, 4) is 0 Å². The minimum Gasteiger partial charge on any atom is -0.396 e. The van der Waals surface area contributed by atoms with Crippen molar-refractivity contribution in [3.63, 3.8) is 0 Å². The lowest BCUT2D eigenvalue weighted by Gasteiger charge is -1.95. The Labute approximate surface area is 83.7 Å². The van der Waals surface area contributed by atoms with Crippen molar-refractivity contribution in [2.24, 2.45) is 0 Å². The zero-order chi connectivity index (χ0) is 9.52. The predicted molar refractivity (Wildman–Crippen MR) is 56.0 cm³/mol. The Bertz CT molecular complexity index is 264. The highest BCUT2D eigenvalue weighted by molar-refractivity contribution is 6.30. The molecule has 2 heteroatoms. The molecule has 1 nitrogen and oxygen atoms in total. The van der Waals surface area contributed by atoms with Gasteiger partial charge in [0.1, 0.15) is 0 Å². The monoisotopic (exact) mass is 196 g/mol. The van der Waals surface area contributed by atoms with Crippen LogP contribution in [0.25, 0.3) is 0 Å². The third-order valence-electron chi connectivity index (χ3n) is 1.73. The van der Waals surface area contributed by atoms with Crippen LogP contribution in [0.3, 0.4) is 0 Å². The summed E-state index contributed by atoms with van der Waals surface area (Å²) in [4.78, 5) is 0. The summed E-state index contributed by atoms with van der Waals surface area (Å²) in [5, 5.41) is 9.30. The van der Waals surface area contributed by atoms with E-state index in [1.54, 1.807) is 0 Å². The fraction of sp³-hybridized carbons (Fsp3) is 0.273. The molecule has 0 aliphatic heterocycles. The zero-order valence-corrected chi connectivity index (χ0v) is 8.17. The van der Waals surface area contributed by atoms with Gasteiger partial charge < -0.3 is 5.11 Å². The highest BCUT2D eigenvalue weighted by atomic mass is 35.5. The average molecular weight is 197 g/mol. The van der Waals surface area contributed by atoms with E-state index in [0.717, 1.165) is 17.9 Å². The van der Waals surface area contributed by atoms with Crippen LogP contribution in [0.5, 0.6) is 0 Å². The van der Waals surface area contributed by atoms with Gasteiger partial charge >= 0.3 is 0 Å². The minimum atomic E-state index is 0.219. The topological polar surface area (TPSA) is 20.2 Å². The molecule has 0 spiro atoms. The Morgan fingerprint density at radius 1 is 1.15 bits per heavy atom. The predicted octanol–water partition coefficient (Wildman–Crippen LogP) is 2.82. The second kappa shape index (κ2) is 5.79. The molecule has 1 rings (SSSR count). The van der Waals surface area contributed by atoms with Crippen molar-refractivity contribution in [1.82, 2.24) is 0 Å². The lowest BCUT2D eigenvalue weighted by atomic mass is 10.1. The minimum absolute atomic E-state index is 0.219. The first-order chi connectivity index (χ1) is 6.33. The highest BCUT2D eigenvalue weighted by Crippen LogP contribution is 2.10. The van der Waals surface area contributed by atoms with Crippen LogP contribution >= 0.6 is 11.6 Å². The van der Waals surface area contributed by atoms with Crippen molar-refractivity contribution < 1.29 is 5.11 Å². The van der Waals surface area contributed by atoms with E-state index in [1.165, 1.54) is 5.56 Å². The van der Waals surface area contributed by atoms with Crippen LogP contribution in [0.15, 0.2) is 36.4 Å². The zero-order valence-electron chi connectivity index (χ0n) is 7.41. The molecule has 0 saturated carbocycles. The molecule has 1 aromatic rings. The summed E-state index contributed by atoms with van der Waals surface area (Å²) in [5.74, 6) is 0. The summed E-state index contributed by atoms with van der Waals surface area (Å²) >= 11 is 5.74. The molecule has 0 aliphatic rings. The van der Waals surface area contributed by atoms with Crippen LogP contribution in [0.2, 0.25) is 5.02 Å². The number of aliphatic hydroxyl groups is 1. The highest BCUT2D eigenvalue weighted by Gasteiger charge is 1.88. The van der Waals surface area contributed by atoms with Crippen molar-refractivity contribution in [2.45, 2.75) is 12.8 Å². The first-order valence-corrected chi connectivity index (χ1v) is 4.71. The third kappa shape index (κ3) is 4.11. The van der Waals surface area contributed by atoms with Crippen molar-refractivity contribution in [1.29, 1.82) is 0 Å². The molecule has 1 aromatic carbocycles. The molecule has 0 aliphatic carbocycles. The molecule has 0 radical (unpaired) electrons. The summed E-state index contributed by atoms with van der Waals surface area (Å²) in [6.07, 6.45) is 5.67. The molecule has 0 saturated heterocycles. The number of benzene rings is 1. The van der Waals surface area contributed by atoms with Crippen LogP contribution in [-0.2, 0) is 6.42 Å². The van der Waals surface area contributed by atoms with E-state index in [4.69, 9.17) is 16.7 Å². The van der Waals surface area contributed by atoms with Gasteiger partial charge in [0.15, 0.2) is 0 Å². The molecule has 0 heterocycles. The van der Waals surface area contributed by atoms with E-state index >= 15 is 0 Å². The fourth-order valence-electron chi connectivity index (χ4n) is 1.03. The number of rotatable bonds is 4. The molecule has 1 N–H and O–H groups in total. The van der Waals surface area contributed by atoms with E-state index in [0.29, 0.717) is 0 Å². The summed E-state index contributed by atoms with van der Waals surface area (Å²) in [6, 6.07) is 7.78. The smallest absolute Gasteiger partial charge is 0.0465 e. The van der Waals surface area contributed by atoms with Crippen molar-refractivity contribution in [2.75, 3.05) is 6.61 Å². The van der Waals surface area contributed by atoms with Gasteiger partial charge in [-0.05, 0) is 30.5 Å². The second-order valence-corrected chi connectivity index (χ2v) is 3.25. The maximum Gasteiger partial charge on any atom is 0.0465 e. The summed E-state index contributed by atoms with van der Waals surface area (Å²) in [5.41, 5.74) is 1.23. The summed E-state index contributed by atoms with van der Waals surface area (Å²) in [7, 11) is 0. The first-order valence-electron chi connectivity index (χ1n) is 4.33. The van der Waals surface area contributed by atoms with Crippen LogP contribution in [-0.4, -0.2) is 11.7 Å². The van der Waals surface area contributed by atoms with E-state index < -0.39 is 0 Å². The molecular formula is C11H13ClO. The Balaban J connectivity index is 2.41. The maximum absolute atomic E-state index is 8.53. The lowest BCUT2D eigenvalue weighted by Crippen LogP contribution is -1.80. The van der Waals surface area contributed by atoms with Gasteiger partial charge in [0.25, 0.3) is 0 Å². The Morgan fingerprint density at radius 2 is 1.85 bits per heavy atom. The van der Waals surface area contributed by atoms with Crippen molar-refractivity contribution >= 4 is 11.6 Å². The van der Waals surface area contributed by atoms with E-state index in [9.17, 15) is 0 Å². The third-order valence-corrected chi connectivity index (χ3v) is 1.98. The molecular weight excluding hydrogens is 184 g/mol. The largest absolute Gasteiger partial charge is 0.396 e. The molecule has 0 amide bonds. The Hall–Kier alpha value is -0.790. The Kier molecular flexibility index (Phi) is 4.58. The van der Waals surface area contributed by atoms with Gasteiger partial charge in [0.2, 0.25) is 0 Å². The Morgan fingerprint density at radius 3 is 2.46 bits per heavy atom. The van der Waals surface area contributed by atoms with Gasteiger partial charge in [-0.25, -0.2) is 0 Å².